The van der Waals surface area contributed by atoms with Crippen molar-refractivity contribution in [2.45, 2.75) is 39.3 Å². The van der Waals surface area contributed by atoms with Crippen LogP contribution >= 0.6 is 0 Å². The lowest BCUT2D eigenvalue weighted by Crippen LogP contribution is -2.28. The third kappa shape index (κ3) is 4.48. The van der Waals surface area contributed by atoms with Crippen LogP contribution in [0, 0.1) is 0 Å². The predicted octanol–water partition coefficient (Wildman–Crippen LogP) is 3.26. The monoisotopic (exact) mass is 502 g/mol. The van der Waals surface area contributed by atoms with Gasteiger partial charge < -0.3 is 15.0 Å². The van der Waals surface area contributed by atoms with Gasteiger partial charge in [-0.15, -0.1) is 11.7 Å². The normalized spacial score (nSPS) is 13.5. The highest BCUT2D eigenvalue weighted by Crippen LogP contribution is 2.34. The lowest BCUT2D eigenvalue weighted by molar-refractivity contribution is 0.415. The summed E-state index contributed by atoms with van der Waals surface area (Å²) in [5.74, 6) is 1.47. The third-order valence-electron chi connectivity index (χ3n) is 6.38. The molecule has 1 aliphatic rings. The van der Waals surface area contributed by atoms with E-state index >= 15 is 0 Å². The highest BCUT2D eigenvalue weighted by Gasteiger charge is 2.20. The Balaban J connectivity index is 1.58. The summed E-state index contributed by atoms with van der Waals surface area (Å²) < 4.78 is 10.1. The predicted molar refractivity (Wildman–Crippen MR) is 143 cm³/mol. The van der Waals surface area contributed by atoms with Gasteiger partial charge in [0, 0.05) is 37.1 Å². The molecule has 0 bridgehead atoms. The van der Waals surface area contributed by atoms with E-state index in [0.29, 0.717) is 22.8 Å². The first kappa shape index (κ1) is 24.3. The number of ether oxygens (including phenoxy) is 1. The molecule has 1 saturated heterocycles. The molecule has 1 aliphatic heterocycles. The van der Waals surface area contributed by atoms with Crippen LogP contribution in [0.2, 0.25) is 0 Å². The molecule has 1 N–H and O–H groups in total. The van der Waals surface area contributed by atoms with Gasteiger partial charge in [0.1, 0.15) is 11.1 Å². The summed E-state index contributed by atoms with van der Waals surface area (Å²) in [4.78, 5) is 36.9. The smallest absolute Gasteiger partial charge is 0.278 e. The number of hydrogen-bond donors (Lipinski definition) is 1. The SMILES string of the molecule is C=CCn1c(=O)c2cnc(Nc3ccc(N4CCCC4)c(OC)c3)nc2n1-c1ccc(=O)n(C(C)C)n1. The maximum absolute atomic E-state index is 13.2. The first-order valence-corrected chi connectivity index (χ1v) is 12.3. The standard InChI is InChI=1S/C26H30N8O3/c1-5-12-32-25(36)19-16-27-26(28-18-8-9-20(21(15-18)37-4)31-13-6-7-14-31)29-24(19)34(32)22-10-11-23(35)33(30-22)17(2)3/h5,8-11,15-17H,1,6-7,12-14H2,2-4H3,(H,27,28,29). The molecule has 37 heavy (non-hydrogen) atoms. The fourth-order valence-electron chi connectivity index (χ4n) is 4.61. The number of benzene rings is 1. The fourth-order valence-corrected chi connectivity index (χ4v) is 4.61. The summed E-state index contributed by atoms with van der Waals surface area (Å²) >= 11 is 0. The molecule has 0 unspecified atom stereocenters. The zero-order chi connectivity index (χ0) is 26.1. The summed E-state index contributed by atoms with van der Waals surface area (Å²) in [6.45, 7) is 9.78. The number of hydrogen-bond acceptors (Lipinski definition) is 8. The van der Waals surface area contributed by atoms with Crippen LogP contribution in [0.5, 0.6) is 5.75 Å². The summed E-state index contributed by atoms with van der Waals surface area (Å²) in [6.07, 6.45) is 5.47. The van der Waals surface area contributed by atoms with Crippen LogP contribution in [0.3, 0.4) is 0 Å². The maximum atomic E-state index is 13.2. The summed E-state index contributed by atoms with van der Waals surface area (Å²) in [6, 6.07) is 8.76. The van der Waals surface area contributed by atoms with Crippen LogP contribution in [-0.4, -0.2) is 49.3 Å². The number of allylic oxidation sites excluding steroid dienone is 1. The van der Waals surface area contributed by atoms with Crippen LogP contribution < -0.4 is 26.1 Å². The lowest BCUT2D eigenvalue weighted by Gasteiger charge is -2.21. The number of aromatic nitrogens is 6. The zero-order valence-electron chi connectivity index (χ0n) is 21.2. The van der Waals surface area contributed by atoms with E-state index < -0.39 is 0 Å². The summed E-state index contributed by atoms with van der Waals surface area (Å²) in [7, 11) is 1.66. The van der Waals surface area contributed by atoms with Crippen molar-refractivity contribution in [2.75, 3.05) is 30.4 Å². The Bertz CT molecular complexity index is 1580. The minimum absolute atomic E-state index is 0.154. The van der Waals surface area contributed by atoms with Gasteiger partial charge in [-0.1, -0.05) is 6.08 Å². The van der Waals surface area contributed by atoms with Crippen molar-refractivity contribution in [3.63, 3.8) is 0 Å². The van der Waals surface area contributed by atoms with Gasteiger partial charge in [-0.25, -0.2) is 19.0 Å². The van der Waals surface area contributed by atoms with Gasteiger partial charge in [0.15, 0.2) is 11.5 Å². The second-order valence-electron chi connectivity index (χ2n) is 9.19. The molecule has 0 spiro atoms. The van der Waals surface area contributed by atoms with E-state index in [9.17, 15) is 9.59 Å². The van der Waals surface area contributed by atoms with Crippen molar-refractivity contribution in [2.24, 2.45) is 0 Å². The Morgan fingerprint density at radius 3 is 2.65 bits per heavy atom. The first-order chi connectivity index (χ1) is 17.9. The maximum Gasteiger partial charge on any atom is 0.278 e. The van der Waals surface area contributed by atoms with E-state index in [2.05, 4.69) is 31.9 Å². The molecule has 192 valence electrons. The summed E-state index contributed by atoms with van der Waals surface area (Å²) in [5.41, 5.74) is 1.68. The second-order valence-corrected chi connectivity index (χ2v) is 9.19. The van der Waals surface area contributed by atoms with Crippen molar-refractivity contribution < 1.29 is 4.74 Å². The molecule has 0 atom stereocenters. The van der Waals surface area contributed by atoms with E-state index in [1.165, 1.54) is 34.5 Å². The zero-order valence-corrected chi connectivity index (χ0v) is 21.2. The van der Waals surface area contributed by atoms with Gasteiger partial charge in [-0.2, -0.15) is 4.98 Å². The van der Waals surface area contributed by atoms with Gasteiger partial charge in [0.05, 0.1) is 25.4 Å². The highest BCUT2D eigenvalue weighted by molar-refractivity contribution is 5.77. The average molecular weight is 503 g/mol. The molecule has 1 aromatic carbocycles. The van der Waals surface area contributed by atoms with Gasteiger partial charge in [-0.3, -0.25) is 9.59 Å². The Kier molecular flexibility index (Phi) is 6.51. The van der Waals surface area contributed by atoms with Crippen molar-refractivity contribution in [3.05, 3.63) is 69.9 Å². The number of fused-ring (bicyclic) bond motifs is 1. The molecule has 0 amide bonds. The van der Waals surface area contributed by atoms with Crippen molar-refractivity contribution in [1.29, 1.82) is 0 Å². The van der Waals surface area contributed by atoms with E-state index in [0.717, 1.165) is 30.2 Å². The summed E-state index contributed by atoms with van der Waals surface area (Å²) in [5, 5.41) is 8.06. The molecule has 1 fully saturated rings. The average Bonchev–Trinajstić information content (AvgIpc) is 3.52. The molecular weight excluding hydrogens is 472 g/mol. The number of nitrogens with one attached hydrogen (secondary N) is 1. The first-order valence-electron chi connectivity index (χ1n) is 12.3. The third-order valence-corrected chi connectivity index (χ3v) is 6.38. The Morgan fingerprint density at radius 2 is 1.95 bits per heavy atom. The Labute approximate surface area is 213 Å². The minimum Gasteiger partial charge on any atom is -0.495 e. The topological polar surface area (TPSA) is 112 Å². The second kappa shape index (κ2) is 9.92. The van der Waals surface area contributed by atoms with E-state index in [1.54, 1.807) is 23.9 Å². The number of nitrogens with zero attached hydrogens (tertiary/aromatic N) is 7. The molecule has 11 nitrogen and oxygen atoms in total. The lowest BCUT2D eigenvalue weighted by atomic mass is 10.2. The Hall–Kier alpha value is -4.41. The molecule has 5 rings (SSSR count). The van der Waals surface area contributed by atoms with Crippen LogP contribution in [0.1, 0.15) is 32.7 Å². The molecule has 3 aromatic heterocycles. The molecule has 11 heteroatoms. The van der Waals surface area contributed by atoms with Gasteiger partial charge >= 0.3 is 0 Å². The van der Waals surface area contributed by atoms with Crippen LogP contribution in [0.25, 0.3) is 16.9 Å². The van der Waals surface area contributed by atoms with Gasteiger partial charge in [0.2, 0.25) is 5.95 Å². The molecule has 0 radical (unpaired) electrons. The van der Waals surface area contributed by atoms with E-state index in [-0.39, 0.29) is 23.7 Å². The molecular formula is C26H30N8O3. The number of rotatable bonds is 8. The van der Waals surface area contributed by atoms with Gasteiger partial charge in [-0.05, 0) is 44.9 Å². The van der Waals surface area contributed by atoms with Crippen molar-refractivity contribution >= 4 is 28.4 Å². The van der Waals surface area contributed by atoms with E-state index in [4.69, 9.17) is 4.74 Å². The van der Waals surface area contributed by atoms with Crippen LogP contribution in [0.15, 0.2) is 58.8 Å². The largest absolute Gasteiger partial charge is 0.495 e. The van der Waals surface area contributed by atoms with Crippen molar-refractivity contribution in [1.82, 2.24) is 29.1 Å². The van der Waals surface area contributed by atoms with Crippen LogP contribution in [-0.2, 0) is 6.54 Å². The molecule has 4 aromatic rings. The highest BCUT2D eigenvalue weighted by atomic mass is 16.5. The van der Waals surface area contributed by atoms with Crippen LogP contribution in [0.4, 0.5) is 17.3 Å². The fraction of sp³-hybridized carbons (Fsp3) is 0.346. The quantitative estimate of drug-likeness (QED) is 0.366. The minimum atomic E-state index is -0.276. The molecule has 0 saturated carbocycles. The van der Waals surface area contributed by atoms with Gasteiger partial charge in [0.25, 0.3) is 11.1 Å². The number of methoxy groups -OCH3 is 1. The Morgan fingerprint density at radius 1 is 1.16 bits per heavy atom. The number of anilines is 3. The molecule has 4 heterocycles. The molecule has 0 aliphatic carbocycles. The van der Waals surface area contributed by atoms with Crippen molar-refractivity contribution in [3.8, 4) is 11.6 Å². The van der Waals surface area contributed by atoms with E-state index in [1.807, 2.05) is 32.0 Å².